The minimum absolute atomic E-state index is 0.0283. The van der Waals surface area contributed by atoms with Crippen molar-refractivity contribution in [2.24, 2.45) is 0 Å². The van der Waals surface area contributed by atoms with Crippen molar-refractivity contribution >= 4 is 34.4 Å². The summed E-state index contributed by atoms with van der Waals surface area (Å²) in [6, 6.07) is 12.2. The number of rotatable bonds is 3. The number of nitrogens with zero attached hydrogens (tertiary/aromatic N) is 2. The number of carbonyl (C=O) groups excluding carboxylic acids is 2. The molecule has 29 heavy (non-hydrogen) atoms. The number of hydrogen-bond donors (Lipinski definition) is 0. The number of fused-ring (bicyclic) bond motifs is 1. The largest absolute Gasteiger partial charge is 0.336 e. The Morgan fingerprint density at radius 1 is 0.862 bits per heavy atom. The number of carbonyl (C=O) groups is 2. The van der Waals surface area contributed by atoms with Crippen LogP contribution < -0.4 is 4.90 Å². The summed E-state index contributed by atoms with van der Waals surface area (Å²) in [5, 5.41) is 1.98. The molecule has 150 valence electrons. The number of hydrogen-bond acceptors (Lipinski definition) is 4. The molecule has 0 spiro atoms. The minimum Gasteiger partial charge on any atom is -0.336 e. The van der Waals surface area contributed by atoms with E-state index in [0.717, 1.165) is 49.2 Å². The van der Waals surface area contributed by atoms with Crippen LogP contribution in [0.5, 0.6) is 0 Å². The first-order valence-corrected chi connectivity index (χ1v) is 11.6. The molecule has 3 aliphatic rings. The molecule has 2 aromatic rings. The molecule has 0 radical (unpaired) electrons. The maximum absolute atomic E-state index is 13.7. The second kappa shape index (κ2) is 7.79. The molecule has 1 saturated carbocycles. The van der Waals surface area contributed by atoms with E-state index >= 15 is 0 Å². The minimum atomic E-state index is -0.0966. The molecule has 3 heterocycles. The predicted molar refractivity (Wildman–Crippen MR) is 117 cm³/mol. The van der Waals surface area contributed by atoms with Gasteiger partial charge in [-0.1, -0.05) is 56.4 Å². The van der Waals surface area contributed by atoms with Crippen molar-refractivity contribution in [2.75, 3.05) is 11.4 Å². The van der Waals surface area contributed by atoms with E-state index in [2.05, 4.69) is 17.0 Å². The third-order valence-electron chi connectivity index (χ3n) is 6.46. The molecule has 0 bridgehead atoms. The molecule has 1 fully saturated rings. The van der Waals surface area contributed by atoms with Gasteiger partial charge in [0.05, 0.1) is 5.57 Å². The van der Waals surface area contributed by atoms with Crippen molar-refractivity contribution in [2.45, 2.75) is 57.4 Å². The molecule has 0 N–H and O–H groups in total. The fourth-order valence-electron chi connectivity index (χ4n) is 5.02. The van der Waals surface area contributed by atoms with Gasteiger partial charge >= 0.3 is 0 Å². The highest BCUT2D eigenvalue weighted by molar-refractivity contribution is 7.11. The summed E-state index contributed by atoms with van der Waals surface area (Å²) in [6.07, 6.45) is 8.62. The number of amides is 2. The third-order valence-corrected chi connectivity index (χ3v) is 7.34. The van der Waals surface area contributed by atoms with Crippen molar-refractivity contribution in [3.8, 4) is 0 Å². The van der Waals surface area contributed by atoms with Crippen LogP contribution in [0.25, 0.3) is 5.57 Å². The van der Waals surface area contributed by atoms with Crippen LogP contribution in [0.1, 0.15) is 55.4 Å². The maximum atomic E-state index is 13.7. The number of para-hydroxylation sites is 1. The van der Waals surface area contributed by atoms with Crippen LogP contribution in [-0.4, -0.2) is 29.3 Å². The van der Waals surface area contributed by atoms with Gasteiger partial charge in [-0.05, 0) is 42.3 Å². The van der Waals surface area contributed by atoms with E-state index in [1.807, 2.05) is 29.6 Å². The zero-order valence-electron chi connectivity index (χ0n) is 16.6. The summed E-state index contributed by atoms with van der Waals surface area (Å²) in [6.45, 7) is 0.751. The standard InChI is InChI=1S/C24H26N2O2S/c27-23-21(20-13-8-16-29-20)22(25-15-14-17-9-6-7-12-19(17)25)24(28)26(23)18-10-4-2-1-3-5-11-18/h6-9,12-13,16,18H,1-5,10-11,14-15H2. The quantitative estimate of drug-likeness (QED) is 0.673. The van der Waals surface area contributed by atoms with Gasteiger partial charge in [0.25, 0.3) is 11.8 Å². The van der Waals surface area contributed by atoms with Crippen molar-refractivity contribution < 1.29 is 9.59 Å². The highest BCUT2D eigenvalue weighted by Crippen LogP contribution is 2.41. The predicted octanol–water partition coefficient (Wildman–Crippen LogP) is 5.00. The summed E-state index contributed by atoms with van der Waals surface area (Å²) < 4.78 is 0. The first kappa shape index (κ1) is 18.6. The maximum Gasteiger partial charge on any atom is 0.278 e. The smallest absolute Gasteiger partial charge is 0.278 e. The Morgan fingerprint density at radius 2 is 1.62 bits per heavy atom. The second-order valence-electron chi connectivity index (χ2n) is 8.21. The van der Waals surface area contributed by atoms with E-state index in [1.54, 1.807) is 16.2 Å². The van der Waals surface area contributed by atoms with E-state index in [1.165, 1.54) is 24.8 Å². The lowest BCUT2D eigenvalue weighted by atomic mass is 9.95. The average Bonchev–Trinajstić information content (AvgIpc) is 3.41. The lowest BCUT2D eigenvalue weighted by molar-refractivity contribution is -0.140. The van der Waals surface area contributed by atoms with Gasteiger partial charge in [-0.3, -0.25) is 14.5 Å². The fourth-order valence-corrected chi connectivity index (χ4v) is 5.79. The summed E-state index contributed by atoms with van der Waals surface area (Å²) in [5.41, 5.74) is 3.50. The first-order valence-electron chi connectivity index (χ1n) is 10.8. The zero-order valence-corrected chi connectivity index (χ0v) is 17.4. The van der Waals surface area contributed by atoms with Crippen LogP contribution in [0, 0.1) is 0 Å². The van der Waals surface area contributed by atoms with Gasteiger partial charge in [-0.2, -0.15) is 0 Å². The van der Waals surface area contributed by atoms with Gasteiger partial charge in [0, 0.05) is 23.2 Å². The van der Waals surface area contributed by atoms with Crippen LogP contribution in [0.15, 0.2) is 47.5 Å². The Bertz CT molecular complexity index is 955. The molecule has 5 heteroatoms. The van der Waals surface area contributed by atoms with Crippen molar-refractivity contribution in [3.05, 3.63) is 57.9 Å². The van der Waals surface area contributed by atoms with E-state index in [4.69, 9.17) is 0 Å². The normalized spacial score (nSPS) is 21.0. The van der Waals surface area contributed by atoms with E-state index in [-0.39, 0.29) is 17.9 Å². The van der Waals surface area contributed by atoms with Crippen LogP contribution in [-0.2, 0) is 16.0 Å². The molecule has 0 atom stereocenters. The Hall–Kier alpha value is -2.40. The Morgan fingerprint density at radius 3 is 2.38 bits per heavy atom. The summed E-state index contributed by atoms with van der Waals surface area (Å²) in [4.78, 5) is 31.9. The highest BCUT2D eigenvalue weighted by Gasteiger charge is 2.46. The molecule has 1 aliphatic carbocycles. The second-order valence-corrected chi connectivity index (χ2v) is 9.16. The van der Waals surface area contributed by atoms with Gasteiger partial charge in [-0.25, -0.2) is 0 Å². The van der Waals surface area contributed by atoms with Crippen LogP contribution in [0.2, 0.25) is 0 Å². The van der Waals surface area contributed by atoms with Gasteiger partial charge < -0.3 is 4.90 Å². The van der Waals surface area contributed by atoms with E-state index in [0.29, 0.717) is 11.3 Å². The zero-order chi connectivity index (χ0) is 19.8. The molecular formula is C24H26N2O2S. The number of anilines is 1. The molecular weight excluding hydrogens is 380 g/mol. The summed E-state index contributed by atoms with van der Waals surface area (Å²) in [7, 11) is 0. The van der Waals surface area contributed by atoms with Gasteiger partial charge in [-0.15, -0.1) is 11.3 Å². The van der Waals surface area contributed by atoms with E-state index < -0.39 is 0 Å². The molecule has 5 rings (SSSR count). The molecule has 1 aromatic heterocycles. The monoisotopic (exact) mass is 406 g/mol. The van der Waals surface area contributed by atoms with Crippen molar-refractivity contribution in [1.29, 1.82) is 0 Å². The number of imide groups is 1. The van der Waals surface area contributed by atoms with Gasteiger partial charge in [0.2, 0.25) is 0 Å². The Balaban J connectivity index is 1.57. The third kappa shape index (κ3) is 3.21. The molecule has 2 aliphatic heterocycles. The lowest BCUT2D eigenvalue weighted by Gasteiger charge is -2.29. The van der Waals surface area contributed by atoms with Crippen LogP contribution in [0.4, 0.5) is 5.69 Å². The summed E-state index contributed by atoms with van der Waals surface area (Å²) >= 11 is 1.54. The number of benzene rings is 1. The fraction of sp³-hybridized carbons (Fsp3) is 0.417. The lowest BCUT2D eigenvalue weighted by Crippen LogP contribution is -2.42. The summed E-state index contributed by atoms with van der Waals surface area (Å²) in [5.74, 6) is -0.192. The molecule has 4 nitrogen and oxygen atoms in total. The topological polar surface area (TPSA) is 40.6 Å². The molecule has 1 aromatic carbocycles. The SMILES string of the molecule is O=C1C(c2cccs2)=C(N2CCc3ccccc32)C(=O)N1C1CCCCCCC1. The molecule has 0 saturated heterocycles. The number of thiophene rings is 1. The van der Waals surface area contributed by atoms with Crippen molar-refractivity contribution in [3.63, 3.8) is 0 Å². The van der Waals surface area contributed by atoms with Crippen LogP contribution in [0.3, 0.4) is 0 Å². The Labute approximate surface area is 175 Å². The average molecular weight is 407 g/mol. The highest BCUT2D eigenvalue weighted by atomic mass is 32.1. The van der Waals surface area contributed by atoms with Gasteiger partial charge in [0.1, 0.15) is 5.70 Å². The molecule has 2 amide bonds. The van der Waals surface area contributed by atoms with Crippen LogP contribution >= 0.6 is 11.3 Å². The first-order chi connectivity index (χ1) is 14.3. The molecule has 0 unspecified atom stereocenters. The van der Waals surface area contributed by atoms with E-state index in [9.17, 15) is 9.59 Å². The van der Waals surface area contributed by atoms with Crippen molar-refractivity contribution in [1.82, 2.24) is 4.90 Å². The Kier molecular flexibility index (Phi) is 5.00. The van der Waals surface area contributed by atoms with Gasteiger partial charge in [0.15, 0.2) is 0 Å².